The molecule has 27 heavy (non-hydrogen) atoms. The zero-order valence-corrected chi connectivity index (χ0v) is 15.2. The van der Waals surface area contributed by atoms with E-state index in [1.54, 1.807) is 12.4 Å². The lowest BCUT2D eigenvalue weighted by molar-refractivity contribution is 0.432. The molecule has 0 unspecified atom stereocenters. The molecule has 0 radical (unpaired) electrons. The van der Waals surface area contributed by atoms with Gasteiger partial charge in [-0.25, -0.2) is 4.98 Å². The second kappa shape index (κ2) is 7.41. The van der Waals surface area contributed by atoms with Crippen LogP contribution >= 0.6 is 0 Å². The first-order valence-electron chi connectivity index (χ1n) is 8.79. The zero-order chi connectivity index (χ0) is 18.6. The van der Waals surface area contributed by atoms with Gasteiger partial charge in [0.1, 0.15) is 5.82 Å². The number of rotatable bonds is 6. The van der Waals surface area contributed by atoms with Crippen LogP contribution in [0.25, 0.3) is 22.8 Å². The van der Waals surface area contributed by atoms with E-state index in [-0.39, 0.29) is 6.04 Å². The van der Waals surface area contributed by atoms with Crippen molar-refractivity contribution in [2.45, 2.75) is 26.4 Å². The maximum absolute atomic E-state index is 5.42. The lowest BCUT2D eigenvalue weighted by Crippen LogP contribution is -2.22. The van der Waals surface area contributed by atoms with E-state index >= 15 is 0 Å². The molecule has 7 nitrogen and oxygen atoms in total. The predicted molar refractivity (Wildman–Crippen MR) is 103 cm³/mol. The van der Waals surface area contributed by atoms with Gasteiger partial charge in [-0.15, -0.1) is 0 Å². The topological polar surface area (TPSA) is 81.7 Å². The molecule has 136 valence electrons. The van der Waals surface area contributed by atoms with Crippen LogP contribution in [0, 0.1) is 6.92 Å². The van der Waals surface area contributed by atoms with Crippen molar-refractivity contribution in [2.75, 3.05) is 5.32 Å². The first-order chi connectivity index (χ1) is 13.2. The van der Waals surface area contributed by atoms with Crippen molar-refractivity contribution in [3.05, 3.63) is 66.6 Å². The highest BCUT2D eigenvalue weighted by Gasteiger charge is 2.13. The third-order valence-electron chi connectivity index (χ3n) is 4.24. The molecule has 1 N–H and O–H groups in total. The third-order valence-corrected chi connectivity index (χ3v) is 4.24. The molecule has 0 amide bonds. The minimum Gasteiger partial charge on any atom is -0.366 e. The Bertz CT molecular complexity index is 1010. The monoisotopic (exact) mass is 360 g/mol. The van der Waals surface area contributed by atoms with Crippen LogP contribution in [0.1, 0.15) is 12.5 Å². The summed E-state index contributed by atoms with van der Waals surface area (Å²) >= 11 is 0. The number of nitrogens with one attached hydrogen (secondary N) is 1. The first-order valence-corrected chi connectivity index (χ1v) is 8.79. The van der Waals surface area contributed by atoms with Gasteiger partial charge in [0, 0.05) is 30.2 Å². The molecule has 0 aliphatic carbocycles. The van der Waals surface area contributed by atoms with Crippen LogP contribution in [0.2, 0.25) is 0 Å². The lowest BCUT2D eigenvalue weighted by atomic mass is 10.1. The smallest absolute Gasteiger partial charge is 0.259 e. The van der Waals surface area contributed by atoms with Crippen LogP contribution in [0.3, 0.4) is 0 Å². The minimum atomic E-state index is 0.194. The molecule has 4 rings (SSSR count). The minimum absolute atomic E-state index is 0.194. The molecule has 1 atom stereocenters. The molecule has 7 heteroatoms. The predicted octanol–water partition coefficient (Wildman–Crippen LogP) is 3.80. The van der Waals surface area contributed by atoms with Gasteiger partial charge in [0.05, 0.1) is 12.1 Å². The Morgan fingerprint density at radius 1 is 1.15 bits per heavy atom. The normalized spacial score (nSPS) is 12.1. The van der Waals surface area contributed by atoms with Crippen LogP contribution < -0.4 is 5.32 Å². The Labute approximate surface area is 157 Å². The molecule has 1 aromatic carbocycles. The Hall–Kier alpha value is -3.48. The second-order valence-electron chi connectivity index (χ2n) is 6.44. The van der Waals surface area contributed by atoms with Gasteiger partial charge in [0.25, 0.3) is 5.89 Å². The highest BCUT2D eigenvalue weighted by molar-refractivity contribution is 5.62. The number of hydrogen-bond donors (Lipinski definition) is 1. The Morgan fingerprint density at radius 3 is 2.78 bits per heavy atom. The summed E-state index contributed by atoms with van der Waals surface area (Å²) in [6, 6.07) is 13.9. The summed E-state index contributed by atoms with van der Waals surface area (Å²) in [5.74, 6) is 1.83. The summed E-state index contributed by atoms with van der Waals surface area (Å²) in [5.41, 5.74) is 2.85. The standard InChI is InChI=1S/C20H20N6O/c1-14-6-3-4-7-17(14)19-24-20(27-25-19)16-8-9-18(21-12-16)23-15(2)13-26-11-5-10-22-26/h3-12,15H,13H2,1-2H3,(H,21,23)/t15-/m1/s1. The van der Waals surface area contributed by atoms with Crippen molar-refractivity contribution in [1.29, 1.82) is 0 Å². The third kappa shape index (κ3) is 3.87. The fraction of sp³-hybridized carbons (Fsp3) is 0.200. The van der Waals surface area contributed by atoms with Crippen molar-refractivity contribution in [1.82, 2.24) is 24.9 Å². The molecule has 3 aromatic heterocycles. The number of benzene rings is 1. The Balaban J connectivity index is 1.46. The number of aromatic nitrogens is 5. The molecule has 4 aromatic rings. The fourth-order valence-electron chi connectivity index (χ4n) is 2.87. The summed E-state index contributed by atoms with van der Waals surface area (Å²) in [5, 5.41) is 11.7. The van der Waals surface area contributed by atoms with Gasteiger partial charge in [0.2, 0.25) is 5.82 Å². The van der Waals surface area contributed by atoms with Gasteiger partial charge < -0.3 is 9.84 Å². The van der Waals surface area contributed by atoms with Crippen molar-refractivity contribution in [3.8, 4) is 22.8 Å². The van der Waals surface area contributed by atoms with Gasteiger partial charge in [-0.3, -0.25) is 4.68 Å². The van der Waals surface area contributed by atoms with E-state index in [1.807, 2.05) is 60.3 Å². The summed E-state index contributed by atoms with van der Waals surface area (Å²) in [6.07, 6.45) is 5.45. The average Bonchev–Trinajstić information content (AvgIpc) is 3.35. The van der Waals surface area contributed by atoms with E-state index in [4.69, 9.17) is 4.52 Å². The zero-order valence-electron chi connectivity index (χ0n) is 15.2. The lowest BCUT2D eigenvalue weighted by Gasteiger charge is -2.14. The fourth-order valence-corrected chi connectivity index (χ4v) is 2.87. The Morgan fingerprint density at radius 2 is 2.04 bits per heavy atom. The summed E-state index contributed by atoms with van der Waals surface area (Å²) in [4.78, 5) is 8.96. The number of nitrogens with zero attached hydrogens (tertiary/aromatic N) is 5. The van der Waals surface area contributed by atoms with Crippen LogP contribution in [0.5, 0.6) is 0 Å². The van der Waals surface area contributed by atoms with Crippen LogP contribution in [-0.2, 0) is 6.54 Å². The molecular weight excluding hydrogens is 340 g/mol. The average molecular weight is 360 g/mol. The molecule has 0 bridgehead atoms. The summed E-state index contributed by atoms with van der Waals surface area (Å²) in [6.45, 7) is 4.88. The van der Waals surface area contributed by atoms with E-state index < -0.39 is 0 Å². The van der Waals surface area contributed by atoms with Gasteiger partial charge in [-0.2, -0.15) is 10.1 Å². The number of aryl methyl sites for hydroxylation is 1. The SMILES string of the molecule is Cc1ccccc1-c1noc(-c2ccc(N[C@H](C)Cn3cccn3)nc2)n1. The Kier molecular flexibility index (Phi) is 4.65. The number of anilines is 1. The molecule has 0 fully saturated rings. The van der Waals surface area contributed by atoms with Crippen LogP contribution in [0.15, 0.2) is 65.6 Å². The maximum atomic E-state index is 5.42. The van der Waals surface area contributed by atoms with E-state index in [0.717, 1.165) is 29.1 Å². The van der Waals surface area contributed by atoms with E-state index in [0.29, 0.717) is 11.7 Å². The molecule has 0 aliphatic rings. The van der Waals surface area contributed by atoms with Crippen LogP contribution in [-0.4, -0.2) is 30.9 Å². The molecule has 0 saturated carbocycles. The quantitative estimate of drug-likeness (QED) is 0.563. The maximum Gasteiger partial charge on any atom is 0.259 e. The van der Waals surface area contributed by atoms with Crippen molar-refractivity contribution in [2.24, 2.45) is 0 Å². The van der Waals surface area contributed by atoms with Crippen molar-refractivity contribution in [3.63, 3.8) is 0 Å². The van der Waals surface area contributed by atoms with E-state index in [2.05, 4.69) is 32.5 Å². The largest absolute Gasteiger partial charge is 0.366 e. The molecule has 0 spiro atoms. The highest BCUT2D eigenvalue weighted by atomic mass is 16.5. The van der Waals surface area contributed by atoms with Gasteiger partial charge in [-0.05, 0) is 37.6 Å². The summed E-state index contributed by atoms with van der Waals surface area (Å²) in [7, 11) is 0. The van der Waals surface area contributed by atoms with Gasteiger partial charge in [0.15, 0.2) is 0 Å². The highest BCUT2D eigenvalue weighted by Crippen LogP contribution is 2.24. The van der Waals surface area contributed by atoms with Crippen molar-refractivity contribution < 1.29 is 4.52 Å². The molecule has 0 aliphatic heterocycles. The van der Waals surface area contributed by atoms with Crippen LogP contribution in [0.4, 0.5) is 5.82 Å². The molecular formula is C20H20N6O. The number of hydrogen-bond acceptors (Lipinski definition) is 6. The first kappa shape index (κ1) is 17.0. The second-order valence-corrected chi connectivity index (χ2v) is 6.44. The van der Waals surface area contributed by atoms with E-state index in [1.165, 1.54) is 0 Å². The molecule has 3 heterocycles. The van der Waals surface area contributed by atoms with Gasteiger partial charge >= 0.3 is 0 Å². The molecule has 0 saturated heterocycles. The van der Waals surface area contributed by atoms with Crippen molar-refractivity contribution >= 4 is 5.82 Å². The summed E-state index contributed by atoms with van der Waals surface area (Å²) < 4.78 is 7.30. The van der Waals surface area contributed by atoms with Gasteiger partial charge in [-0.1, -0.05) is 29.4 Å². The number of pyridine rings is 1. The van der Waals surface area contributed by atoms with E-state index in [9.17, 15) is 0 Å².